The van der Waals surface area contributed by atoms with Gasteiger partial charge in [0.2, 0.25) is 5.91 Å². The molecule has 2 unspecified atom stereocenters. The molecule has 1 aromatic heterocycles. The van der Waals surface area contributed by atoms with Gasteiger partial charge in [-0.15, -0.1) is 0 Å². The van der Waals surface area contributed by atoms with E-state index < -0.39 is 17.9 Å². The quantitative estimate of drug-likeness (QED) is 0.422. The van der Waals surface area contributed by atoms with Crippen LogP contribution in [0.1, 0.15) is 34.3 Å². The number of hydrogen-bond donors (Lipinski definition) is 4. The lowest BCUT2D eigenvalue weighted by molar-refractivity contribution is -0.123. The van der Waals surface area contributed by atoms with Crippen LogP contribution in [0, 0.1) is 12.7 Å². The molecule has 2 aromatic carbocycles. The van der Waals surface area contributed by atoms with Crippen LogP contribution in [0.2, 0.25) is 0 Å². The van der Waals surface area contributed by atoms with E-state index in [4.69, 9.17) is 0 Å². The number of rotatable bonds is 7. The first-order chi connectivity index (χ1) is 16.9. The maximum Gasteiger partial charge on any atom is 0.253 e. The molecule has 0 spiro atoms. The van der Waals surface area contributed by atoms with Gasteiger partial charge < -0.3 is 21.3 Å². The minimum absolute atomic E-state index is 0.183. The highest BCUT2D eigenvalue weighted by molar-refractivity contribution is 5.99. The van der Waals surface area contributed by atoms with Gasteiger partial charge >= 0.3 is 0 Å². The van der Waals surface area contributed by atoms with E-state index in [-0.39, 0.29) is 17.8 Å². The zero-order valence-corrected chi connectivity index (χ0v) is 19.8. The zero-order valence-electron chi connectivity index (χ0n) is 19.8. The predicted molar refractivity (Wildman–Crippen MR) is 133 cm³/mol. The second kappa shape index (κ2) is 10.5. The number of halogens is 1. The fourth-order valence-corrected chi connectivity index (χ4v) is 4.26. The molecular formula is C27H28FN5O2. The summed E-state index contributed by atoms with van der Waals surface area (Å²) < 4.78 is 13.8. The Bertz CT molecular complexity index is 1240. The van der Waals surface area contributed by atoms with Gasteiger partial charge in [0.25, 0.3) is 5.91 Å². The minimum Gasteiger partial charge on any atom is -0.342 e. The number of aryl methyl sites for hydroxylation is 1. The molecule has 4 rings (SSSR count). The van der Waals surface area contributed by atoms with Crippen LogP contribution in [-0.2, 0) is 4.79 Å². The monoisotopic (exact) mass is 473 g/mol. The van der Waals surface area contributed by atoms with Gasteiger partial charge in [0.05, 0.1) is 5.56 Å². The molecule has 0 bridgehead atoms. The van der Waals surface area contributed by atoms with E-state index in [1.807, 2.05) is 51.2 Å². The van der Waals surface area contributed by atoms with E-state index in [1.165, 1.54) is 18.3 Å². The molecule has 180 valence electrons. The van der Waals surface area contributed by atoms with Crippen LogP contribution in [0.3, 0.4) is 0 Å². The molecule has 1 aliphatic heterocycles. The van der Waals surface area contributed by atoms with Crippen molar-refractivity contribution in [1.29, 1.82) is 0 Å². The number of benzene rings is 2. The van der Waals surface area contributed by atoms with Crippen LogP contribution in [0.15, 0.2) is 84.5 Å². The first-order valence-corrected chi connectivity index (χ1v) is 11.4. The number of amides is 2. The third-order valence-corrected chi connectivity index (χ3v) is 6.08. The highest BCUT2D eigenvalue weighted by Crippen LogP contribution is 2.36. The van der Waals surface area contributed by atoms with Crippen molar-refractivity contribution in [2.45, 2.75) is 31.8 Å². The molecular weight excluding hydrogens is 445 g/mol. The van der Waals surface area contributed by atoms with Crippen molar-refractivity contribution in [3.8, 4) is 0 Å². The first-order valence-electron chi connectivity index (χ1n) is 11.4. The van der Waals surface area contributed by atoms with Gasteiger partial charge in [-0.3, -0.25) is 14.6 Å². The SMILES string of the molecule is CNC(C)C1=C(Nc2ccccc2)NC(=O)[C@@H](NC(=O)c2cncc(C)c2)C1c1ccc(F)cc1. The zero-order chi connectivity index (χ0) is 24.9. The Balaban J connectivity index is 1.80. The Kier molecular flexibility index (Phi) is 7.22. The number of aromatic nitrogens is 1. The van der Waals surface area contributed by atoms with Crippen LogP contribution >= 0.6 is 0 Å². The molecule has 7 nitrogen and oxygen atoms in total. The fraction of sp³-hybridized carbons (Fsp3) is 0.222. The van der Waals surface area contributed by atoms with Gasteiger partial charge in [-0.05, 0) is 67.9 Å². The number of anilines is 1. The third kappa shape index (κ3) is 5.38. The molecule has 4 N–H and O–H groups in total. The molecule has 0 radical (unpaired) electrons. The van der Waals surface area contributed by atoms with Gasteiger partial charge in [-0.1, -0.05) is 30.3 Å². The third-order valence-electron chi connectivity index (χ3n) is 6.08. The number of carbonyl (C=O) groups excluding carboxylic acids is 2. The van der Waals surface area contributed by atoms with E-state index in [2.05, 4.69) is 26.3 Å². The number of pyridine rings is 1. The summed E-state index contributed by atoms with van der Waals surface area (Å²) >= 11 is 0. The predicted octanol–water partition coefficient (Wildman–Crippen LogP) is 3.47. The number of nitrogens with one attached hydrogen (secondary N) is 4. The first kappa shape index (κ1) is 24.1. The Hall–Kier alpha value is -4.04. The molecule has 2 amide bonds. The van der Waals surface area contributed by atoms with Crippen LogP contribution in [0.4, 0.5) is 10.1 Å². The van der Waals surface area contributed by atoms with Crippen molar-refractivity contribution in [3.05, 3.63) is 107 Å². The van der Waals surface area contributed by atoms with E-state index in [1.54, 1.807) is 24.4 Å². The molecule has 1 aliphatic rings. The number of carbonyl (C=O) groups is 2. The van der Waals surface area contributed by atoms with E-state index >= 15 is 0 Å². The van der Waals surface area contributed by atoms with Crippen LogP contribution in [-0.4, -0.2) is 35.9 Å². The van der Waals surface area contributed by atoms with Crippen LogP contribution in [0.5, 0.6) is 0 Å². The lowest BCUT2D eigenvalue weighted by Gasteiger charge is -2.38. The molecule has 0 saturated carbocycles. The summed E-state index contributed by atoms with van der Waals surface area (Å²) in [7, 11) is 1.82. The smallest absolute Gasteiger partial charge is 0.253 e. The lowest BCUT2D eigenvalue weighted by atomic mass is 9.79. The van der Waals surface area contributed by atoms with Crippen molar-refractivity contribution in [2.75, 3.05) is 12.4 Å². The standard InChI is InChI=1S/C27H28FN5O2/c1-16-13-19(15-30-14-16)26(34)32-24-23(18-9-11-20(28)12-10-18)22(17(2)29-3)25(33-27(24)35)31-21-7-5-4-6-8-21/h4-15,17,23-24,29,31H,1-3H3,(H,32,34)(H,33,35)/t17?,23?,24-/m0/s1. The van der Waals surface area contributed by atoms with Crippen molar-refractivity contribution in [3.63, 3.8) is 0 Å². The molecule has 35 heavy (non-hydrogen) atoms. The summed E-state index contributed by atoms with van der Waals surface area (Å²) in [4.78, 5) is 30.6. The molecule has 0 aliphatic carbocycles. The molecule has 3 atom stereocenters. The molecule has 0 fully saturated rings. The Labute approximate surface area is 203 Å². The summed E-state index contributed by atoms with van der Waals surface area (Å²) in [5.74, 6) is -1.20. The lowest BCUT2D eigenvalue weighted by Crippen LogP contribution is -2.56. The number of nitrogens with zero attached hydrogens (tertiary/aromatic N) is 1. The Morgan fingerprint density at radius 3 is 2.46 bits per heavy atom. The summed E-state index contributed by atoms with van der Waals surface area (Å²) in [6.45, 7) is 3.81. The normalized spacial score (nSPS) is 18.6. The van der Waals surface area contributed by atoms with Gasteiger partial charge in [0.1, 0.15) is 17.7 Å². The Morgan fingerprint density at radius 2 is 1.80 bits per heavy atom. The largest absolute Gasteiger partial charge is 0.342 e. The van der Waals surface area contributed by atoms with Crippen molar-refractivity contribution in [2.24, 2.45) is 0 Å². The van der Waals surface area contributed by atoms with Crippen LogP contribution < -0.4 is 21.3 Å². The average molecular weight is 474 g/mol. The molecule has 0 saturated heterocycles. The van der Waals surface area contributed by atoms with Crippen molar-refractivity contribution < 1.29 is 14.0 Å². The number of likely N-dealkylation sites (N-methyl/N-ethyl adjacent to an activating group) is 1. The van der Waals surface area contributed by atoms with E-state index in [0.717, 1.165) is 16.8 Å². The Morgan fingerprint density at radius 1 is 1.09 bits per heavy atom. The molecule has 8 heteroatoms. The number of hydrogen-bond acceptors (Lipinski definition) is 5. The van der Waals surface area contributed by atoms with Crippen molar-refractivity contribution in [1.82, 2.24) is 20.9 Å². The molecule has 3 aromatic rings. The highest BCUT2D eigenvalue weighted by atomic mass is 19.1. The van der Waals surface area contributed by atoms with Crippen molar-refractivity contribution >= 4 is 17.5 Å². The second-order valence-corrected chi connectivity index (χ2v) is 8.55. The van der Waals surface area contributed by atoms with E-state index in [0.29, 0.717) is 16.9 Å². The topological polar surface area (TPSA) is 95.1 Å². The minimum atomic E-state index is -0.930. The maximum absolute atomic E-state index is 13.8. The summed E-state index contributed by atoms with van der Waals surface area (Å²) in [6, 6.07) is 16.1. The molecule has 2 heterocycles. The summed E-state index contributed by atoms with van der Waals surface area (Å²) in [6.07, 6.45) is 3.12. The highest BCUT2D eigenvalue weighted by Gasteiger charge is 2.41. The number of para-hydroxylation sites is 1. The van der Waals surface area contributed by atoms with Gasteiger partial charge in [-0.2, -0.15) is 0 Å². The van der Waals surface area contributed by atoms with E-state index in [9.17, 15) is 14.0 Å². The second-order valence-electron chi connectivity index (χ2n) is 8.55. The average Bonchev–Trinajstić information content (AvgIpc) is 2.86. The van der Waals surface area contributed by atoms with Gasteiger partial charge in [0.15, 0.2) is 0 Å². The summed E-state index contributed by atoms with van der Waals surface area (Å²) in [5.41, 5.74) is 3.53. The van der Waals surface area contributed by atoms with Gasteiger partial charge in [0, 0.05) is 30.0 Å². The summed E-state index contributed by atoms with van der Waals surface area (Å²) in [5, 5.41) is 12.4. The fourth-order valence-electron chi connectivity index (χ4n) is 4.26. The van der Waals surface area contributed by atoms with Gasteiger partial charge in [-0.25, -0.2) is 4.39 Å². The maximum atomic E-state index is 13.8. The van der Waals surface area contributed by atoms with Crippen LogP contribution in [0.25, 0.3) is 0 Å².